The van der Waals surface area contributed by atoms with E-state index >= 15 is 0 Å². The van der Waals surface area contributed by atoms with Crippen LogP contribution >= 0.6 is 0 Å². The van der Waals surface area contributed by atoms with Crippen molar-refractivity contribution < 1.29 is 9.59 Å². The van der Waals surface area contributed by atoms with Crippen molar-refractivity contribution in [1.82, 2.24) is 20.0 Å². The number of urea groups is 1. The van der Waals surface area contributed by atoms with Crippen LogP contribution in [0.5, 0.6) is 0 Å². The lowest BCUT2D eigenvalue weighted by atomic mass is 10.0. The molecule has 2 aliphatic heterocycles. The van der Waals surface area contributed by atoms with Gasteiger partial charge in [0.2, 0.25) is 5.91 Å². The summed E-state index contributed by atoms with van der Waals surface area (Å²) in [5.41, 5.74) is 0. The van der Waals surface area contributed by atoms with Crippen LogP contribution in [0.1, 0.15) is 25.7 Å². The second-order valence-corrected chi connectivity index (χ2v) is 7.53. The Bertz CT molecular complexity index is 530. The van der Waals surface area contributed by atoms with Gasteiger partial charge in [-0.25, -0.2) is 4.79 Å². The molecule has 3 aliphatic rings. The van der Waals surface area contributed by atoms with E-state index < -0.39 is 0 Å². The molecule has 3 fully saturated rings. The molecule has 4 atom stereocenters. The van der Waals surface area contributed by atoms with E-state index in [9.17, 15) is 9.59 Å². The molecule has 1 N–H and O–H groups in total. The van der Waals surface area contributed by atoms with Crippen LogP contribution in [0.2, 0.25) is 0 Å². The van der Waals surface area contributed by atoms with Gasteiger partial charge < -0.3 is 20.0 Å². The minimum Gasteiger partial charge on any atom is -0.331 e. The van der Waals surface area contributed by atoms with E-state index in [0.29, 0.717) is 31.0 Å². The zero-order valence-electron chi connectivity index (χ0n) is 14.6. The Morgan fingerprint density at radius 2 is 1.92 bits per heavy atom. The van der Waals surface area contributed by atoms with Crippen molar-refractivity contribution in [3.8, 4) is 6.07 Å². The highest BCUT2D eigenvalue weighted by molar-refractivity contribution is 5.79. The normalized spacial score (nSPS) is 31.9. The summed E-state index contributed by atoms with van der Waals surface area (Å²) < 4.78 is 0. The van der Waals surface area contributed by atoms with Gasteiger partial charge in [-0.05, 0) is 37.5 Å². The Balaban J connectivity index is 1.43. The average molecular weight is 333 g/mol. The van der Waals surface area contributed by atoms with Crippen molar-refractivity contribution in [3.05, 3.63) is 0 Å². The lowest BCUT2D eigenvalue weighted by Crippen LogP contribution is -2.43. The zero-order valence-corrected chi connectivity index (χ0v) is 14.6. The molecule has 1 aliphatic carbocycles. The van der Waals surface area contributed by atoms with E-state index in [-0.39, 0.29) is 18.0 Å². The maximum Gasteiger partial charge on any atom is 0.319 e. The number of nitrogens with zero attached hydrogens (tertiary/aromatic N) is 4. The number of amides is 3. The van der Waals surface area contributed by atoms with Crippen LogP contribution in [-0.2, 0) is 4.79 Å². The first-order valence-electron chi connectivity index (χ1n) is 8.88. The highest BCUT2D eigenvalue weighted by atomic mass is 16.2. The highest BCUT2D eigenvalue weighted by Gasteiger charge is 2.42. The molecule has 24 heavy (non-hydrogen) atoms. The standard InChI is InChI=1S/C17H27N5O2/c1-20(2)17(24)21-10-12-6-14(7-13(12)11-21)19-9-16(23)22-5-3-4-15(22)8-18/h12-15,19H,3-7,9-11H2,1-2H3/t12-,13+,14-,15?. The molecule has 0 aromatic carbocycles. The summed E-state index contributed by atoms with van der Waals surface area (Å²) in [6.07, 6.45) is 3.77. The smallest absolute Gasteiger partial charge is 0.319 e. The number of carbonyl (C=O) groups excluding carboxylic acids is 2. The third-order valence-electron chi connectivity index (χ3n) is 5.67. The predicted molar refractivity (Wildman–Crippen MR) is 89.0 cm³/mol. The predicted octanol–water partition coefficient (Wildman–Crippen LogP) is 0.483. The van der Waals surface area contributed by atoms with Crippen LogP contribution in [0, 0.1) is 23.2 Å². The van der Waals surface area contributed by atoms with Gasteiger partial charge in [-0.2, -0.15) is 5.26 Å². The second-order valence-electron chi connectivity index (χ2n) is 7.53. The molecule has 0 spiro atoms. The Morgan fingerprint density at radius 1 is 1.25 bits per heavy atom. The monoisotopic (exact) mass is 333 g/mol. The Hall–Kier alpha value is -1.81. The van der Waals surface area contributed by atoms with E-state index in [2.05, 4.69) is 11.4 Å². The van der Waals surface area contributed by atoms with E-state index in [1.54, 1.807) is 23.9 Å². The second kappa shape index (κ2) is 6.98. The molecule has 2 heterocycles. The summed E-state index contributed by atoms with van der Waals surface area (Å²) in [5.74, 6) is 1.13. The average Bonchev–Trinajstić information content (AvgIpc) is 3.25. The van der Waals surface area contributed by atoms with Crippen LogP contribution in [0.4, 0.5) is 4.79 Å². The fourth-order valence-electron chi connectivity index (χ4n) is 4.44. The maximum atomic E-state index is 12.3. The first-order chi connectivity index (χ1) is 11.5. The lowest BCUT2D eigenvalue weighted by Gasteiger charge is -2.24. The Morgan fingerprint density at radius 3 is 2.50 bits per heavy atom. The third kappa shape index (κ3) is 3.34. The molecular formula is C17H27N5O2. The van der Waals surface area contributed by atoms with Crippen molar-refractivity contribution in [2.45, 2.75) is 37.8 Å². The van der Waals surface area contributed by atoms with Crippen LogP contribution in [-0.4, -0.2) is 79.0 Å². The first-order valence-corrected chi connectivity index (χ1v) is 8.88. The van der Waals surface area contributed by atoms with Gasteiger partial charge in [0.05, 0.1) is 12.6 Å². The first kappa shape index (κ1) is 17.0. The van der Waals surface area contributed by atoms with E-state index in [4.69, 9.17) is 5.26 Å². The van der Waals surface area contributed by atoms with Crippen LogP contribution in [0.3, 0.4) is 0 Å². The number of nitrogens with one attached hydrogen (secondary N) is 1. The molecule has 2 saturated heterocycles. The largest absolute Gasteiger partial charge is 0.331 e. The van der Waals surface area contributed by atoms with Gasteiger partial charge >= 0.3 is 6.03 Å². The fourth-order valence-corrected chi connectivity index (χ4v) is 4.44. The summed E-state index contributed by atoms with van der Waals surface area (Å²) in [7, 11) is 3.58. The molecule has 0 aromatic rings. The molecule has 0 aromatic heterocycles. The van der Waals surface area contributed by atoms with Gasteiger partial charge in [-0.3, -0.25) is 4.79 Å². The topological polar surface area (TPSA) is 79.7 Å². The van der Waals surface area contributed by atoms with Crippen molar-refractivity contribution in [3.63, 3.8) is 0 Å². The lowest BCUT2D eigenvalue weighted by molar-refractivity contribution is -0.130. The van der Waals surface area contributed by atoms with Crippen LogP contribution in [0.15, 0.2) is 0 Å². The molecule has 7 nitrogen and oxygen atoms in total. The quantitative estimate of drug-likeness (QED) is 0.815. The molecule has 0 radical (unpaired) electrons. The van der Waals surface area contributed by atoms with Gasteiger partial charge in [0.15, 0.2) is 0 Å². The summed E-state index contributed by atoms with van der Waals surface area (Å²) in [5, 5.41) is 12.5. The maximum absolute atomic E-state index is 12.3. The summed E-state index contributed by atoms with van der Waals surface area (Å²) in [6, 6.07) is 2.42. The highest BCUT2D eigenvalue weighted by Crippen LogP contribution is 2.38. The molecule has 3 rings (SSSR count). The molecule has 3 amide bonds. The number of hydrogen-bond acceptors (Lipinski definition) is 4. The Kier molecular flexibility index (Phi) is 4.95. The third-order valence-corrected chi connectivity index (χ3v) is 5.67. The van der Waals surface area contributed by atoms with Crippen molar-refractivity contribution >= 4 is 11.9 Å². The van der Waals surface area contributed by atoms with Crippen molar-refractivity contribution in [1.29, 1.82) is 5.26 Å². The molecular weight excluding hydrogens is 306 g/mol. The van der Waals surface area contributed by atoms with E-state index in [1.165, 1.54) is 0 Å². The van der Waals surface area contributed by atoms with Crippen LogP contribution in [0.25, 0.3) is 0 Å². The van der Waals surface area contributed by atoms with E-state index in [0.717, 1.165) is 38.8 Å². The van der Waals surface area contributed by atoms with Gasteiger partial charge in [-0.1, -0.05) is 0 Å². The van der Waals surface area contributed by atoms with Gasteiger partial charge in [0.25, 0.3) is 0 Å². The van der Waals surface area contributed by atoms with Crippen molar-refractivity contribution in [2.75, 3.05) is 40.3 Å². The number of carbonyl (C=O) groups is 2. The number of fused-ring (bicyclic) bond motifs is 1. The number of nitriles is 1. The Labute approximate surface area is 143 Å². The van der Waals surface area contributed by atoms with E-state index in [1.807, 2.05) is 4.90 Å². The SMILES string of the molecule is CN(C)C(=O)N1C[C@H]2C[C@@H](NCC(=O)N3CCCC3C#N)C[C@H]2C1. The molecule has 1 saturated carbocycles. The van der Waals surface area contributed by atoms with Crippen LogP contribution < -0.4 is 5.32 Å². The van der Waals surface area contributed by atoms with Gasteiger partial charge in [0.1, 0.15) is 6.04 Å². The summed E-state index contributed by atoms with van der Waals surface area (Å²) in [4.78, 5) is 29.6. The summed E-state index contributed by atoms with van der Waals surface area (Å²) in [6.45, 7) is 2.69. The molecule has 132 valence electrons. The minimum absolute atomic E-state index is 0.0421. The summed E-state index contributed by atoms with van der Waals surface area (Å²) >= 11 is 0. The molecule has 7 heteroatoms. The number of likely N-dealkylation sites (tertiary alicyclic amines) is 2. The minimum atomic E-state index is -0.243. The molecule has 1 unspecified atom stereocenters. The van der Waals surface area contributed by atoms with Gasteiger partial charge in [0, 0.05) is 39.8 Å². The van der Waals surface area contributed by atoms with Crippen molar-refractivity contribution in [2.24, 2.45) is 11.8 Å². The zero-order chi connectivity index (χ0) is 17.3. The number of hydrogen-bond donors (Lipinski definition) is 1. The number of rotatable bonds is 3. The fraction of sp³-hybridized carbons (Fsp3) is 0.824. The molecule has 0 bridgehead atoms. The van der Waals surface area contributed by atoms with Gasteiger partial charge in [-0.15, -0.1) is 0 Å².